The van der Waals surface area contributed by atoms with E-state index in [1.807, 2.05) is 54.9 Å². The number of hydrogen-bond acceptors (Lipinski definition) is 4. The zero-order valence-electron chi connectivity index (χ0n) is 16.9. The molecule has 1 aliphatic heterocycles. The van der Waals surface area contributed by atoms with Gasteiger partial charge in [-0.05, 0) is 19.4 Å². The summed E-state index contributed by atoms with van der Waals surface area (Å²) in [7, 11) is 0. The summed E-state index contributed by atoms with van der Waals surface area (Å²) >= 11 is 0. The fourth-order valence-electron chi connectivity index (χ4n) is 4.12. The van der Waals surface area contributed by atoms with Gasteiger partial charge in [0, 0.05) is 36.6 Å². The van der Waals surface area contributed by atoms with Gasteiger partial charge < -0.3 is 9.47 Å². The van der Waals surface area contributed by atoms with Crippen molar-refractivity contribution in [2.75, 3.05) is 0 Å². The lowest BCUT2D eigenvalue weighted by Crippen LogP contribution is -2.27. The number of carbonyl (C=O) groups is 1. The normalized spacial score (nSPS) is 13.2. The number of aromatic amines is 1. The lowest BCUT2D eigenvalue weighted by atomic mass is 10.1. The smallest absolute Gasteiger partial charge is 0.278 e. The van der Waals surface area contributed by atoms with Crippen molar-refractivity contribution in [3.05, 3.63) is 75.9 Å². The molecule has 4 heterocycles. The Morgan fingerprint density at radius 1 is 1.17 bits per heavy atom. The van der Waals surface area contributed by atoms with Crippen LogP contribution >= 0.6 is 0 Å². The van der Waals surface area contributed by atoms with Crippen molar-refractivity contribution < 1.29 is 4.79 Å². The highest BCUT2D eigenvalue weighted by molar-refractivity contribution is 5.80. The predicted molar refractivity (Wildman–Crippen MR) is 112 cm³/mol. The molecular formula is C22H22N6O2. The first kappa shape index (κ1) is 18.4. The number of H-pyrrole nitrogens is 1. The molecule has 0 bridgehead atoms. The van der Waals surface area contributed by atoms with Crippen LogP contribution < -0.4 is 5.56 Å². The lowest BCUT2D eigenvalue weighted by Gasteiger charge is -2.15. The number of aromatic nitrogens is 5. The lowest BCUT2D eigenvalue weighted by molar-refractivity contribution is -0.132. The maximum absolute atomic E-state index is 13.1. The van der Waals surface area contributed by atoms with E-state index in [0.29, 0.717) is 43.0 Å². The quantitative estimate of drug-likeness (QED) is 0.568. The van der Waals surface area contributed by atoms with E-state index in [1.165, 1.54) is 4.52 Å². The number of carbonyl (C=O) groups excluding carboxylic acids is 1. The summed E-state index contributed by atoms with van der Waals surface area (Å²) in [5.41, 5.74) is 4.53. The van der Waals surface area contributed by atoms with Gasteiger partial charge in [0.25, 0.3) is 5.56 Å². The van der Waals surface area contributed by atoms with E-state index in [2.05, 4.69) is 10.1 Å². The highest BCUT2D eigenvalue weighted by Crippen LogP contribution is 2.28. The molecular weight excluding hydrogens is 380 g/mol. The molecule has 0 aliphatic carbocycles. The molecule has 0 spiro atoms. The first-order chi connectivity index (χ1) is 14.5. The average Bonchev–Trinajstić information content (AvgIpc) is 3.44. The van der Waals surface area contributed by atoms with Crippen LogP contribution in [0.5, 0.6) is 0 Å². The number of nitrogens with one attached hydrogen (secondary N) is 1. The third-order valence-electron chi connectivity index (χ3n) is 5.74. The Bertz CT molecular complexity index is 1310. The van der Waals surface area contributed by atoms with E-state index in [4.69, 9.17) is 4.98 Å². The highest BCUT2D eigenvalue weighted by Gasteiger charge is 2.29. The molecule has 3 aromatic heterocycles. The maximum atomic E-state index is 13.1. The first-order valence-electron chi connectivity index (χ1n) is 9.97. The van der Waals surface area contributed by atoms with E-state index in [-0.39, 0.29) is 11.5 Å². The molecule has 8 heteroatoms. The van der Waals surface area contributed by atoms with Crippen LogP contribution in [0.4, 0.5) is 0 Å². The minimum absolute atomic E-state index is 0.00799. The molecule has 4 aromatic rings. The van der Waals surface area contributed by atoms with Gasteiger partial charge in [0.15, 0.2) is 5.65 Å². The molecule has 0 fully saturated rings. The molecule has 1 aliphatic rings. The summed E-state index contributed by atoms with van der Waals surface area (Å²) in [6.45, 7) is 5.08. The highest BCUT2D eigenvalue weighted by atomic mass is 16.2. The molecule has 0 unspecified atom stereocenters. The van der Waals surface area contributed by atoms with Crippen molar-refractivity contribution in [1.82, 2.24) is 29.0 Å². The van der Waals surface area contributed by atoms with Gasteiger partial charge in [-0.2, -0.15) is 0 Å². The zero-order chi connectivity index (χ0) is 20.8. The molecule has 1 N–H and O–H groups in total. The largest absolute Gasteiger partial charge is 0.335 e. The summed E-state index contributed by atoms with van der Waals surface area (Å²) in [5.74, 6) is 0.888. The van der Waals surface area contributed by atoms with E-state index < -0.39 is 0 Å². The SMILES string of the molecule is Cc1[nH]n2c(=O)c3c(nc2c1-c1ccccc1)CN(C(=O)CCn1ccnc1C)C3. The first-order valence-corrected chi connectivity index (χ1v) is 9.97. The van der Waals surface area contributed by atoms with Crippen LogP contribution in [0.1, 0.15) is 29.2 Å². The molecule has 8 nitrogen and oxygen atoms in total. The molecule has 5 rings (SSSR count). The van der Waals surface area contributed by atoms with Crippen molar-refractivity contribution in [1.29, 1.82) is 0 Å². The van der Waals surface area contributed by atoms with Gasteiger partial charge in [-0.1, -0.05) is 30.3 Å². The number of fused-ring (bicyclic) bond motifs is 2. The molecule has 0 radical (unpaired) electrons. The third kappa shape index (κ3) is 2.92. The Morgan fingerprint density at radius 2 is 1.97 bits per heavy atom. The monoisotopic (exact) mass is 402 g/mol. The van der Waals surface area contributed by atoms with Crippen molar-refractivity contribution in [3.8, 4) is 11.1 Å². The van der Waals surface area contributed by atoms with Gasteiger partial charge in [0.2, 0.25) is 5.91 Å². The number of hydrogen-bond donors (Lipinski definition) is 1. The molecule has 1 amide bonds. The van der Waals surface area contributed by atoms with Crippen LogP contribution in [-0.4, -0.2) is 35.0 Å². The minimum Gasteiger partial charge on any atom is -0.335 e. The number of imidazole rings is 1. The van der Waals surface area contributed by atoms with Crippen LogP contribution in [0.2, 0.25) is 0 Å². The Labute approximate surface area is 172 Å². The maximum Gasteiger partial charge on any atom is 0.278 e. The molecule has 1 aromatic carbocycles. The van der Waals surface area contributed by atoms with Gasteiger partial charge in [0.1, 0.15) is 5.82 Å². The van der Waals surface area contributed by atoms with Crippen molar-refractivity contribution in [2.45, 2.75) is 39.9 Å². The van der Waals surface area contributed by atoms with E-state index in [9.17, 15) is 9.59 Å². The Hall–Kier alpha value is -3.68. The molecule has 30 heavy (non-hydrogen) atoms. The topological polar surface area (TPSA) is 88.3 Å². The second kappa shape index (κ2) is 6.98. The standard InChI is InChI=1S/C22H22N6O2/c1-14-20(16-6-4-3-5-7-16)21-24-18-13-27(12-17(18)22(30)28(21)25-14)19(29)8-10-26-11-9-23-15(26)2/h3-7,9,11,25H,8,10,12-13H2,1-2H3. The van der Waals surface area contributed by atoms with Crippen molar-refractivity contribution in [2.24, 2.45) is 0 Å². The number of benzene rings is 1. The molecule has 0 saturated heterocycles. The Morgan fingerprint density at radius 3 is 2.70 bits per heavy atom. The van der Waals surface area contributed by atoms with Gasteiger partial charge in [-0.3, -0.25) is 14.7 Å². The van der Waals surface area contributed by atoms with Crippen LogP contribution in [0.25, 0.3) is 16.8 Å². The summed E-state index contributed by atoms with van der Waals surface area (Å²) in [6, 6.07) is 9.89. The summed E-state index contributed by atoms with van der Waals surface area (Å²) in [4.78, 5) is 36.6. The third-order valence-corrected chi connectivity index (χ3v) is 5.74. The van der Waals surface area contributed by atoms with Crippen LogP contribution in [0.3, 0.4) is 0 Å². The summed E-state index contributed by atoms with van der Waals surface area (Å²) in [5, 5.41) is 3.15. The minimum atomic E-state index is -0.138. The van der Waals surface area contributed by atoms with E-state index >= 15 is 0 Å². The van der Waals surface area contributed by atoms with E-state index in [0.717, 1.165) is 22.6 Å². The van der Waals surface area contributed by atoms with Gasteiger partial charge in [0.05, 0.1) is 24.3 Å². The average molecular weight is 402 g/mol. The number of amides is 1. The predicted octanol–water partition coefficient (Wildman–Crippen LogP) is 2.44. The summed E-state index contributed by atoms with van der Waals surface area (Å²) < 4.78 is 3.45. The van der Waals surface area contributed by atoms with Crippen LogP contribution in [0.15, 0.2) is 47.5 Å². The van der Waals surface area contributed by atoms with Crippen molar-refractivity contribution in [3.63, 3.8) is 0 Å². The number of aryl methyl sites for hydroxylation is 3. The number of nitrogens with zero attached hydrogens (tertiary/aromatic N) is 5. The molecule has 152 valence electrons. The number of rotatable bonds is 4. The Balaban J connectivity index is 1.45. The molecule has 0 atom stereocenters. The second-order valence-electron chi connectivity index (χ2n) is 7.65. The molecule has 0 saturated carbocycles. The van der Waals surface area contributed by atoms with Gasteiger partial charge >= 0.3 is 0 Å². The van der Waals surface area contributed by atoms with Gasteiger partial charge in [-0.15, -0.1) is 0 Å². The van der Waals surface area contributed by atoms with Crippen LogP contribution in [-0.2, 0) is 24.4 Å². The van der Waals surface area contributed by atoms with Gasteiger partial charge in [-0.25, -0.2) is 14.5 Å². The van der Waals surface area contributed by atoms with E-state index in [1.54, 1.807) is 11.1 Å². The zero-order valence-corrected chi connectivity index (χ0v) is 16.9. The Kier molecular flexibility index (Phi) is 4.27. The van der Waals surface area contributed by atoms with Crippen molar-refractivity contribution >= 4 is 11.6 Å². The summed E-state index contributed by atoms with van der Waals surface area (Å²) in [6.07, 6.45) is 3.95. The van der Waals surface area contributed by atoms with Crippen LogP contribution in [0, 0.1) is 13.8 Å². The second-order valence-corrected chi connectivity index (χ2v) is 7.65. The fraction of sp³-hybridized carbons (Fsp3) is 0.273. The fourth-order valence-corrected chi connectivity index (χ4v) is 4.12.